The summed E-state index contributed by atoms with van der Waals surface area (Å²) in [6.45, 7) is 20.4. The highest BCUT2D eigenvalue weighted by Gasteiger charge is 2.44. The van der Waals surface area contributed by atoms with Gasteiger partial charge in [0.05, 0.1) is 18.4 Å². The third kappa shape index (κ3) is 29.2. The fourth-order valence-electron chi connectivity index (χ4n) is 12.9. The average molecular weight is 1640 g/mol. The Balaban J connectivity index is 1.79. The highest BCUT2D eigenvalue weighted by Crippen LogP contribution is 2.27. The van der Waals surface area contributed by atoms with Crippen LogP contribution in [0.5, 0.6) is 0 Å². The number of cyclic esters (lactones) is 1. The zero-order valence-electron chi connectivity index (χ0n) is 67.3. The highest BCUT2D eigenvalue weighted by atomic mass is 33.1. The second kappa shape index (κ2) is 47.0. The lowest BCUT2D eigenvalue weighted by molar-refractivity contribution is -0.158. The van der Waals surface area contributed by atoms with E-state index in [1.165, 1.54) is 39.8 Å². The van der Waals surface area contributed by atoms with Gasteiger partial charge in [-0.25, -0.2) is 4.79 Å². The van der Waals surface area contributed by atoms with Crippen molar-refractivity contribution in [2.45, 2.75) is 250 Å². The van der Waals surface area contributed by atoms with Crippen LogP contribution in [0.3, 0.4) is 0 Å². The number of esters is 1. The lowest BCUT2D eigenvalue weighted by Gasteiger charge is -2.36. The quantitative estimate of drug-likeness (QED) is 0.0350. The summed E-state index contributed by atoms with van der Waals surface area (Å²) in [5.74, 6) is -17.1. The van der Waals surface area contributed by atoms with E-state index >= 15 is 19.2 Å². The van der Waals surface area contributed by atoms with E-state index in [0.29, 0.717) is 30.4 Å². The Labute approximate surface area is 674 Å². The molecule has 0 spiro atoms. The SMILES string of the molecule is C=C1NC(=O)[C@H]([C@@H](C)CC)NC(=O)[C@@H]2CSSC[C@H](NC(=O)CCC(O)O)C(=O)N[C@H](Cc3ccccc3)C(=O)N[C@H](C)C(=O)N[C@@H](C[C@@H](C)CC)C(=O)N[C@@H](C(=O)N[C@H](Cc3ccccc3)C(=O)N3CCC[C@H]3CC(=O)N2)[C@@H](C)OC(=O)[C@H](CO)NC(=O)[C@H]([C@@H](C)OC)N(C)C(=O)C(C(C)C)NC(=O)[C@H](C[C@H](C)CC)NC1=O. The van der Waals surface area contributed by atoms with Gasteiger partial charge in [0, 0.05) is 70.4 Å². The molecule has 18 atom stereocenters. The Hall–Kier alpha value is -9.23. The third-order valence-electron chi connectivity index (χ3n) is 20.6. The van der Waals surface area contributed by atoms with E-state index in [9.17, 15) is 68.1 Å². The van der Waals surface area contributed by atoms with Crippen molar-refractivity contribution in [3.8, 4) is 0 Å². The molecule has 14 amide bonds. The first kappa shape index (κ1) is 95.4. The summed E-state index contributed by atoms with van der Waals surface area (Å²) in [6, 6.07) is -3.17. The molecule has 3 heterocycles. The number of amides is 14. The minimum absolute atomic E-state index is 0.00780. The number of ether oxygens (including phenoxy) is 2. The third-order valence-corrected chi connectivity index (χ3v) is 23.0. The maximum atomic E-state index is 15.5. The number of aliphatic hydroxyl groups excluding tert-OH is 2. The van der Waals surface area contributed by atoms with Gasteiger partial charge in [0.25, 0.3) is 5.91 Å². The molecule has 2 bridgehead atoms. The maximum Gasteiger partial charge on any atom is 0.331 e. The number of hydrogen-bond donors (Lipinski definition) is 15. The van der Waals surface area contributed by atoms with E-state index in [1.54, 1.807) is 95.3 Å². The largest absolute Gasteiger partial charge is 0.458 e. The Morgan fingerprint density at radius 3 is 1.73 bits per heavy atom. The van der Waals surface area contributed by atoms with Crippen LogP contribution in [0.15, 0.2) is 72.9 Å². The molecule has 3 aliphatic rings. The Morgan fingerprint density at radius 2 is 1.16 bits per heavy atom. The van der Waals surface area contributed by atoms with Crippen molar-refractivity contribution in [3.05, 3.63) is 84.1 Å². The molecular weight excluding hydrogens is 1520 g/mol. The summed E-state index contributed by atoms with van der Waals surface area (Å²) < 4.78 is 11.5. The van der Waals surface area contributed by atoms with Crippen LogP contribution < -0.4 is 63.8 Å². The van der Waals surface area contributed by atoms with Gasteiger partial charge in [0.1, 0.15) is 72.6 Å². The lowest BCUT2D eigenvalue weighted by Crippen LogP contribution is -2.63. The number of methoxy groups -OCH3 is 1. The molecule has 5 rings (SSSR count). The van der Waals surface area contributed by atoms with Gasteiger partial charge >= 0.3 is 5.97 Å². The van der Waals surface area contributed by atoms with Crippen molar-refractivity contribution < 1.29 is 96.7 Å². The standard InChI is InChI=1S/C78H118N14O20S2/c1-15-42(6)33-52-69(101)88-62(41(4)5)77(109)91(13)65(48(12)111-14)75(107)87-56(38-93)78(110)112-47(11)64-74(106)86-55(36-50-27-22-19-23-28-50)76(108)92-32-24-29-51(92)37-60(95)82-58(72(104)89-63(44(8)17-3)73(105)80-46(10)67(99)83-52)40-114-113-39-57(81-59(94)30-31-61(96)97)71(103)85-54(35-49-25-20-18-21-26-49)68(100)79-45(9)66(98)84-53(70(102)90-64)34-43(7)16-2/h18-23,25-28,41-45,47-48,51-58,61-65,93,96-97H,10,15-17,24,29-40H2,1-9,11-14H3,(H,79,100)(H,80,105)(H,81,94)(H,82,95)(H,83,99)(H,84,98)(H,85,103)(H,86,106)(H,87,107)(H,88,101)(H,89,104)(H,90,102)/t42-,43+,44+,45-,47-,48-,51+,52+,53+,54-,55-,56+,57+,58+,62?,63+,64-,65+/m1/s1. The number of fused-ring (bicyclic) bond motifs is 7. The molecule has 632 valence electrons. The molecular formula is C78H118N14O20S2. The normalized spacial score (nSPS) is 27.5. The van der Waals surface area contributed by atoms with Crippen LogP contribution in [0.25, 0.3) is 0 Å². The average Bonchev–Trinajstić information content (AvgIpc) is 1.34. The van der Waals surface area contributed by atoms with Crippen molar-refractivity contribution in [1.82, 2.24) is 73.6 Å². The molecule has 3 saturated heterocycles. The first-order valence-electron chi connectivity index (χ1n) is 38.9. The molecule has 3 aliphatic heterocycles. The van der Waals surface area contributed by atoms with Crippen LogP contribution in [-0.4, -0.2) is 250 Å². The van der Waals surface area contributed by atoms with Gasteiger partial charge in [0.15, 0.2) is 12.3 Å². The van der Waals surface area contributed by atoms with Crippen molar-refractivity contribution in [3.63, 3.8) is 0 Å². The van der Waals surface area contributed by atoms with Crippen molar-refractivity contribution in [2.75, 3.05) is 38.8 Å². The predicted molar refractivity (Wildman–Crippen MR) is 424 cm³/mol. The number of nitrogens with one attached hydrogen (secondary N) is 12. The van der Waals surface area contributed by atoms with Gasteiger partial charge in [-0.1, -0.05) is 163 Å². The molecule has 0 saturated carbocycles. The zero-order valence-corrected chi connectivity index (χ0v) is 69.0. The van der Waals surface area contributed by atoms with Gasteiger partial charge < -0.3 is 98.4 Å². The molecule has 3 fully saturated rings. The summed E-state index contributed by atoms with van der Waals surface area (Å²) in [5.41, 5.74) is 0.479. The molecule has 34 nitrogen and oxygen atoms in total. The summed E-state index contributed by atoms with van der Waals surface area (Å²) in [6.07, 6.45) is -5.06. The molecule has 0 radical (unpaired) electrons. The van der Waals surface area contributed by atoms with Crippen molar-refractivity contribution in [1.29, 1.82) is 0 Å². The van der Waals surface area contributed by atoms with Gasteiger partial charge in [-0.3, -0.25) is 67.1 Å². The van der Waals surface area contributed by atoms with E-state index in [4.69, 9.17) is 9.47 Å². The Kier molecular flexibility index (Phi) is 39.3. The number of aliphatic hydroxyl groups is 3. The van der Waals surface area contributed by atoms with Gasteiger partial charge in [-0.2, -0.15) is 0 Å². The topological polar surface area (TPSA) is 486 Å². The number of hydrogen-bond acceptors (Lipinski definition) is 22. The minimum Gasteiger partial charge on any atom is -0.458 e. The number of likely N-dealkylation sites (N-methyl/N-ethyl adjacent to an activating group) is 1. The fourth-order valence-corrected chi connectivity index (χ4v) is 15.2. The minimum atomic E-state index is -2.01. The maximum absolute atomic E-state index is 15.5. The van der Waals surface area contributed by atoms with E-state index in [1.807, 2.05) is 20.8 Å². The molecule has 2 aromatic rings. The molecule has 15 N–H and O–H groups in total. The lowest BCUT2D eigenvalue weighted by atomic mass is 9.96. The Bertz CT molecular complexity index is 3660. The van der Waals surface area contributed by atoms with Gasteiger partial charge in [-0.05, 0) is 81.3 Å². The number of carbonyl (C=O) groups excluding carboxylic acids is 15. The molecule has 36 heteroatoms. The summed E-state index contributed by atoms with van der Waals surface area (Å²) in [4.78, 5) is 224. The summed E-state index contributed by atoms with van der Waals surface area (Å²) in [5, 5.41) is 62.0. The first-order chi connectivity index (χ1) is 53.9. The van der Waals surface area contributed by atoms with E-state index in [2.05, 4.69) is 70.4 Å². The number of carbonyl (C=O) groups is 15. The van der Waals surface area contributed by atoms with Gasteiger partial charge in [-0.15, -0.1) is 0 Å². The highest BCUT2D eigenvalue weighted by molar-refractivity contribution is 8.76. The number of benzene rings is 2. The van der Waals surface area contributed by atoms with E-state index < -0.39 is 229 Å². The Morgan fingerprint density at radius 1 is 0.614 bits per heavy atom. The second-order valence-corrected chi connectivity index (χ2v) is 32.5. The number of nitrogens with zero attached hydrogens (tertiary/aromatic N) is 2. The van der Waals surface area contributed by atoms with Crippen LogP contribution in [0.1, 0.15) is 151 Å². The predicted octanol–water partition coefficient (Wildman–Crippen LogP) is -0.305. The fraction of sp³-hybridized carbons (Fsp3) is 0.628. The van der Waals surface area contributed by atoms with Gasteiger partial charge in [0.2, 0.25) is 76.8 Å². The molecule has 0 aliphatic carbocycles. The summed E-state index contributed by atoms with van der Waals surface area (Å²) >= 11 is 0. The van der Waals surface area contributed by atoms with Crippen molar-refractivity contribution in [2.24, 2.45) is 23.7 Å². The zero-order chi connectivity index (χ0) is 84.8. The monoisotopic (exact) mass is 1630 g/mol. The first-order valence-corrected chi connectivity index (χ1v) is 41.4. The number of rotatable bonds is 20. The van der Waals surface area contributed by atoms with E-state index in [0.717, 1.165) is 26.5 Å². The van der Waals surface area contributed by atoms with Crippen LogP contribution in [-0.2, 0) is 94.2 Å². The molecule has 0 aromatic heterocycles. The smallest absolute Gasteiger partial charge is 0.331 e. The summed E-state index contributed by atoms with van der Waals surface area (Å²) in [7, 11) is 4.33. The van der Waals surface area contributed by atoms with Crippen LogP contribution >= 0.6 is 21.6 Å². The second-order valence-electron chi connectivity index (χ2n) is 30.0. The van der Waals surface area contributed by atoms with Crippen LogP contribution in [0, 0.1) is 23.7 Å². The van der Waals surface area contributed by atoms with E-state index in [-0.39, 0.29) is 68.4 Å². The van der Waals surface area contributed by atoms with Crippen molar-refractivity contribution >= 4 is 110 Å². The van der Waals surface area contributed by atoms with Crippen LogP contribution in [0.2, 0.25) is 0 Å². The van der Waals surface area contributed by atoms with Crippen LogP contribution in [0.4, 0.5) is 0 Å². The molecule has 114 heavy (non-hydrogen) atoms. The molecule has 1 unspecified atom stereocenters. The molecule has 2 aromatic carbocycles.